The summed E-state index contributed by atoms with van der Waals surface area (Å²) in [7, 11) is 0. The van der Waals surface area contributed by atoms with E-state index in [0.29, 0.717) is 10.2 Å². The molecule has 0 atom stereocenters. The highest BCUT2D eigenvalue weighted by molar-refractivity contribution is 7.18. The average molecular weight is 361 g/mol. The molecule has 0 saturated heterocycles. The lowest BCUT2D eigenvalue weighted by Crippen LogP contribution is -2.13. The van der Waals surface area contributed by atoms with Crippen LogP contribution in [0.1, 0.15) is 22.7 Å². The van der Waals surface area contributed by atoms with Gasteiger partial charge in [-0.3, -0.25) is 14.9 Å². The van der Waals surface area contributed by atoms with E-state index in [0.717, 1.165) is 43.0 Å². The van der Waals surface area contributed by atoms with E-state index in [2.05, 4.69) is 9.97 Å². The van der Waals surface area contributed by atoms with Crippen LogP contribution in [0.15, 0.2) is 23.0 Å². The molecule has 1 aromatic carbocycles. The molecule has 0 spiro atoms. The van der Waals surface area contributed by atoms with E-state index in [1.165, 1.54) is 16.2 Å². The lowest BCUT2D eigenvalue weighted by molar-refractivity contribution is -0.386. The topological polar surface area (TPSA) is 98.1 Å². The SMILES string of the molecule is O=c1[nH]c(COc2cc(F)ccc2[N+](=O)[O-])nc2sc3c(c12)CCC3. The molecule has 0 amide bonds. The number of aromatic nitrogens is 2. The fraction of sp³-hybridized carbons (Fsp3) is 0.250. The van der Waals surface area contributed by atoms with Crippen molar-refractivity contribution in [1.29, 1.82) is 0 Å². The summed E-state index contributed by atoms with van der Waals surface area (Å²) in [5.41, 5.74) is 0.485. The lowest BCUT2D eigenvalue weighted by Gasteiger charge is -2.06. The van der Waals surface area contributed by atoms with Gasteiger partial charge < -0.3 is 9.72 Å². The number of H-pyrrole nitrogens is 1. The Morgan fingerprint density at radius 1 is 1.40 bits per heavy atom. The lowest BCUT2D eigenvalue weighted by atomic mass is 10.2. The molecule has 3 aromatic rings. The normalized spacial score (nSPS) is 13.2. The predicted octanol–water partition coefficient (Wildman–Crippen LogP) is 3.10. The number of hydrogen-bond acceptors (Lipinski definition) is 6. The number of nitrogens with one attached hydrogen (secondary N) is 1. The fourth-order valence-corrected chi connectivity index (χ4v) is 4.30. The van der Waals surface area contributed by atoms with Gasteiger partial charge in [0, 0.05) is 17.0 Å². The number of benzene rings is 1. The second-order valence-electron chi connectivity index (χ2n) is 5.71. The molecule has 0 radical (unpaired) electrons. The molecule has 7 nitrogen and oxygen atoms in total. The van der Waals surface area contributed by atoms with Gasteiger partial charge in [0.1, 0.15) is 23.1 Å². The number of fused-ring (bicyclic) bond motifs is 3. The number of halogens is 1. The van der Waals surface area contributed by atoms with E-state index in [4.69, 9.17) is 4.74 Å². The van der Waals surface area contributed by atoms with Crippen molar-refractivity contribution >= 4 is 27.2 Å². The van der Waals surface area contributed by atoms with Gasteiger partial charge in [-0.1, -0.05) is 0 Å². The van der Waals surface area contributed by atoms with Crippen LogP contribution in [0.3, 0.4) is 0 Å². The van der Waals surface area contributed by atoms with Gasteiger partial charge in [-0.2, -0.15) is 0 Å². The number of nitro groups is 1. The maximum Gasteiger partial charge on any atom is 0.311 e. The third-order valence-electron chi connectivity index (χ3n) is 4.11. The van der Waals surface area contributed by atoms with Gasteiger partial charge in [-0.15, -0.1) is 11.3 Å². The summed E-state index contributed by atoms with van der Waals surface area (Å²) in [5, 5.41) is 11.6. The van der Waals surface area contributed by atoms with Crippen LogP contribution in [0.5, 0.6) is 5.75 Å². The van der Waals surface area contributed by atoms with E-state index < -0.39 is 10.7 Å². The number of nitrogens with zero attached hydrogens (tertiary/aromatic N) is 2. The largest absolute Gasteiger partial charge is 0.479 e. The maximum absolute atomic E-state index is 13.3. The number of ether oxygens (including phenoxy) is 1. The van der Waals surface area contributed by atoms with Crippen molar-refractivity contribution in [3.05, 3.63) is 60.7 Å². The molecule has 0 bridgehead atoms. The third-order valence-corrected chi connectivity index (χ3v) is 5.29. The first-order chi connectivity index (χ1) is 12.0. The Labute approximate surface area is 144 Å². The van der Waals surface area contributed by atoms with E-state index in [-0.39, 0.29) is 29.4 Å². The first kappa shape index (κ1) is 15.7. The maximum atomic E-state index is 13.3. The smallest absolute Gasteiger partial charge is 0.311 e. The molecule has 2 aromatic heterocycles. The minimum absolute atomic E-state index is 0.196. The summed E-state index contributed by atoms with van der Waals surface area (Å²) in [5.74, 6) is -0.607. The number of rotatable bonds is 4. The van der Waals surface area contributed by atoms with Gasteiger partial charge in [-0.05, 0) is 30.9 Å². The Balaban J connectivity index is 1.65. The molecule has 128 valence electrons. The zero-order valence-electron chi connectivity index (χ0n) is 12.9. The first-order valence-corrected chi connectivity index (χ1v) is 8.45. The van der Waals surface area contributed by atoms with Gasteiger partial charge in [-0.25, -0.2) is 9.37 Å². The third kappa shape index (κ3) is 2.76. The van der Waals surface area contributed by atoms with Crippen molar-refractivity contribution in [2.75, 3.05) is 0 Å². The number of nitro benzene ring substituents is 1. The van der Waals surface area contributed by atoms with Crippen molar-refractivity contribution < 1.29 is 14.1 Å². The molecular weight excluding hydrogens is 349 g/mol. The van der Waals surface area contributed by atoms with Crippen LogP contribution < -0.4 is 10.3 Å². The van der Waals surface area contributed by atoms with Gasteiger partial charge in [0.15, 0.2) is 5.75 Å². The Bertz CT molecular complexity index is 1060. The molecule has 9 heteroatoms. The zero-order valence-corrected chi connectivity index (χ0v) is 13.7. The standard InChI is InChI=1S/C16H12FN3O4S/c17-8-4-5-10(20(22)23)11(6-8)24-7-13-18-15(21)14-9-2-1-3-12(9)25-16(14)19-13/h4-6H,1-3,7H2,(H,18,19,21). The van der Waals surface area contributed by atoms with Gasteiger partial charge in [0.05, 0.1) is 10.3 Å². The summed E-state index contributed by atoms with van der Waals surface area (Å²) in [6.07, 6.45) is 2.88. The molecule has 25 heavy (non-hydrogen) atoms. The molecule has 1 N–H and O–H groups in total. The number of aryl methyl sites for hydroxylation is 2. The van der Waals surface area contributed by atoms with Gasteiger partial charge in [0.2, 0.25) is 0 Å². The van der Waals surface area contributed by atoms with E-state index >= 15 is 0 Å². The van der Waals surface area contributed by atoms with Crippen molar-refractivity contribution in [3.63, 3.8) is 0 Å². The Kier molecular flexibility index (Phi) is 3.72. The molecule has 0 fully saturated rings. The van der Waals surface area contributed by atoms with Crippen molar-refractivity contribution in [2.45, 2.75) is 25.9 Å². The van der Waals surface area contributed by atoms with Crippen LogP contribution in [0, 0.1) is 15.9 Å². The van der Waals surface area contributed by atoms with Gasteiger partial charge in [0.25, 0.3) is 5.56 Å². The Hall–Kier alpha value is -2.81. The highest BCUT2D eigenvalue weighted by Crippen LogP contribution is 2.34. The molecular formula is C16H12FN3O4S. The van der Waals surface area contributed by atoms with Crippen molar-refractivity contribution in [1.82, 2.24) is 9.97 Å². The van der Waals surface area contributed by atoms with Crippen LogP contribution in [0.4, 0.5) is 10.1 Å². The Morgan fingerprint density at radius 3 is 3.04 bits per heavy atom. The highest BCUT2D eigenvalue weighted by Gasteiger charge is 2.21. The minimum atomic E-state index is -0.655. The summed E-state index contributed by atoms with van der Waals surface area (Å²) in [6.45, 7) is -0.196. The molecule has 0 aliphatic heterocycles. The van der Waals surface area contributed by atoms with Crippen LogP contribution in [0.2, 0.25) is 0 Å². The monoisotopic (exact) mass is 361 g/mol. The molecule has 1 aliphatic rings. The van der Waals surface area contributed by atoms with Crippen LogP contribution in [0.25, 0.3) is 10.2 Å². The van der Waals surface area contributed by atoms with E-state index in [1.807, 2.05) is 0 Å². The number of aromatic amines is 1. The predicted molar refractivity (Wildman–Crippen MR) is 89.7 cm³/mol. The highest BCUT2D eigenvalue weighted by atomic mass is 32.1. The fourth-order valence-electron chi connectivity index (χ4n) is 3.02. The Morgan fingerprint density at radius 2 is 2.24 bits per heavy atom. The van der Waals surface area contributed by atoms with E-state index in [9.17, 15) is 19.3 Å². The van der Waals surface area contributed by atoms with Crippen LogP contribution in [-0.2, 0) is 19.4 Å². The van der Waals surface area contributed by atoms with Crippen molar-refractivity contribution in [2.24, 2.45) is 0 Å². The molecule has 1 aliphatic carbocycles. The zero-order chi connectivity index (χ0) is 17.6. The second kappa shape index (κ2) is 5.92. The number of hydrogen-bond donors (Lipinski definition) is 1. The van der Waals surface area contributed by atoms with Gasteiger partial charge >= 0.3 is 5.69 Å². The second-order valence-corrected chi connectivity index (χ2v) is 6.79. The summed E-state index contributed by atoms with van der Waals surface area (Å²) in [6, 6.07) is 2.96. The molecule has 2 heterocycles. The number of thiophene rings is 1. The minimum Gasteiger partial charge on any atom is -0.479 e. The van der Waals surface area contributed by atoms with Crippen LogP contribution >= 0.6 is 11.3 Å². The van der Waals surface area contributed by atoms with Crippen LogP contribution in [-0.4, -0.2) is 14.9 Å². The van der Waals surface area contributed by atoms with Crippen molar-refractivity contribution in [3.8, 4) is 5.75 Å². The molecule has 0 unspecified atom stereocenters. The van der Waals surface area contributed by atoms with E-state index in [1.54, 1.807) is 0 Å². The molecule has 4 rings (SSSR count). The summed E-state index contributed by atoms with van der Waals surface area (Å²) < 4.78 is 18.7. The molecule has 0 saturated carbocycles. The summed E-state index contributed by atoms with van der Waals surface area (Å²) in [4.78, 5) is 31.5. The average Bonchev–Trinajstić information content (AvgIpc) is 3.13. The summed E-state index contributed by atoms with van der Waals surface area (Å²) >= 11 is 1.49. The first-order valence-electron chi connectivity index (χ1n) is 7.63. The quantitative estimate of drug-likeness (QED) is 0.569.